The summed E-state index contributed by atoms with van der Waals surface area (Å²) in [5.74, 6) is -6.18. The number of rotatable bonds is 21. The Morgan fingerprint density at radius 3 is 2.23 bits per heavy atom. The number of fused-ring (bicyclic) bond motifs is 1. The molecule has 2 aromatic rings. The van der Waals surface area contributed by atoms with Gasteiger partial charge in [-0.1, -0.05) is 18.2 Å². The number of carbonyl (C=O) groups is 8. The Balaban J connectivity index is 1.48. The van der Waals surface area contributed by atoms with E-state index in [4.69, 9.17) is 11.5 Å². The molecule has 52 heavy (non-hydrogen) atoms. The molecule has 0 saturated carbocycles. The number of nitrogens with two attached hydrogens (primary N) is 2. The number of aliphatic carboxylic acids is 1. The predicted octanol–water partition coefficient (Wildman–Crippen LogP) is -3.30. The summed E-state index contributed by atoms with van der Waals surface area (Å²) in [5, 5.41) is 25.4. The highest BCUT2D eigenvalue weighted by Gasteiger charge is 2.39. The lowest BCUT2D eigenvalue weighted by molar-refractivity contribution is -0.146. The van der Waals surface area contributed by atoms with Crippen molar-refractivity contribution >= 4 is 58.2 Å². The van der Waals surface area contributed by atoms with Gasteiger partial charge < -0.3 is 58.4 Å². The normalized spacial score (nSPS) is 15.6. The van der Waals surface area contributed by atoms with Crippen LogP contribution in [0.1, 0.15) is 44.1 Å². The van der Waals surface area contributed by atoms with E-state index < -0.39 is 97.5 Å². The van der Waals surface area contributed by atoms with Gasteiger partial charge in [-0.3, -0.25) is 38.4 Å². The van der Waals surface area contributed by atoms with E-state index in [1.165, 1.54) is 4.90 Å². The highest BCUT2D eigenvalue weighted by atomic mass is 16.4. The summed E-state index contributed by atoms with van der Waals surface area (Å²) in [7, 11) is 1.57. The zero-order valence-corrected chi connectivity index (χ0v) is 29.0. The number of carboxylic acid groups (broad SMARTS) is 1. The fourth-order valence-electron chi connectivity index (χ4n) is 5.79. The highest BCUT2D eigenvalue weighted by Crippen LogP contribution is 2.21. The summed E-state index contributed by atoms with van der Waals surface area (Å²) >= 11 is 0. The summed E-state index contributed by atoms with van der Waals surface area (Å²) in [6.45, 7) is -0.981. The van der Waals surface area contributed by atoms with E-state index in [-0.39, 0.29) is 19.4 Å². The molecule has 1 saturated heterocycles. The molecular formula is C33H48N10O9. The monoisotopic (exact) mass is 728 g/mol. The lowest BCUT2D eigenvalue weighted by Gasteiger charge is -2.29. The first-order chi connectivity index (χ1) is 24.8. The van der Waals surface area contributed by atoms with Crippen molar-refractivity contribution in [3.05, 3.63) is 36.0 Å². The van der Waals surface area contributed by atoms with Gasteiger partial charge in [0, 0.05) is 23.6 Å². The molecule has 1 aromatic carbocycles. The fourth-order valence-corrected chi connectivity index (χ4v) is 5.79. The van der Waals surface area contributed by atoms with Crippen LogP contribution in [-0.2, 0) is 44.8 Å². The Labute approximate surface area is 299 Å². The molecule has 284 valence electrons. The molecule has 12 N–H and O–H groups in total. The molecule has 1 aliphatic heterocycles. The van der Waals surface area contributed by atoms with E-state index >= 15 is 0 Å². The Hall–Kier alpha value is -5.56. The van der Waals surface area contributed by atoms with Crippen molar-refractivity contribution in [1.82, 2.24) is 41.8 Å². The van der Waals surface area contributed by atoms with E-state index in [9.17, 15) is 43.5 Å². The molecular weight excluding hydrogens is 680 g/mol. The van der Waals surface area contributed by atoms with Crippen molar-refractivity contribution in [2.24, 2.45) is 11.5 Å². The quantitative estimate of drug-likeness (QED) is 0.0568. The van der Waals surface area contributed by atoms with Gasteiger partial charge in [0.15, 0.2) is 0 Å². The van der Waals surface area contributed by atoms with Crippen LogP contribution in [0.4, 0.5) is 0 Å². The van der Waals surface area contributed by atoms with Gasteiger partial charge in [0.2, 0.25) is 41.4 Å². The average molecular weight is 729 g/mol. The molecule has 1 aromatic heterocycles. The third-order valence-electron chi connectivity index (χ3n) is 8.54. The lowest BCUT2D eigenvalue weighted by Crippen LogP contribution is -2.57. The molecule has 0 spiro atoms. The number of nitrogens with zero attached hydrogens (tertiary/aromatic N) is 1. The summed E-state index contributed by atoms with van der Waals surface area (Å²) in [5.41, 5.74) is 12.5. The van der Waals surface area contributed by atoms with Gasteiger partial charge in [0.25, 0.3) is 0 Å². The van der Waals surface area contributed by atoms with Crippen LogP contribution in [0.25, 0.3) is 10.9 Å². The number of aromatic nitrogens is 1. The Morgan fingerprint density at radius 1 is 0.904 bits per heavy atom. The molecule has 3 rings (SSSR count). The maximum atomic E-state index is 13.6. The minimum absolute atomic E-state index is 0.127. The Kier molecular flexibility index (Phi) is 16.0. The topological polar surface area (TPSA) is 300 Å². The van der Waals surface area contributed by atoms with Crippen molar-refractivity contribution in [3.8, 4) is 0 Å². The van der Waals surface area contributed by atoms with E-state index in [0.29, 0.717) is 32.2 Å². The number of hydrogen-bond donors (Lipinski definition) is 10. The number of likely N-dealkylation sites (N-methyl/N-ethyl adjacent to an activating group) is 1. The third kappa shape index (κ3) is 12.3. The van der Waals surface area contributed by atoms with Crippen molar-refractivity contribution < 1.29 is 43.5 Å². The number of unbranched alkanes of at least 4 members (excludes halogenated alkanes) is 1. The van der Waals surface area contributed by atoms with E-state index in [1.807, 2.05) is 24.3 Å². The zero-order valence-electron chi connectivity index (χ0n) is 29.0. The SMILES string of the molecule is CN[C@@H](Cc1c[nH]c2ccccc12)C(=O)N[C@@H](CC(=O)O)C(=O)N1CCC[C@H]1C(=O)NCC(=O)NCC(=O)NCC(=O)N[C@@H](CCCCN)C(N)=O. The van der Waals surface area contributed by atoms with Gasteiger partial charge in [-0.2, -0.15) is 0 Å². The van der Waals surface area contributed by atoms with Gasteiger partial charge in [-0.25, -0.2) is 0 Å². The molecule has 4 atom stereocenters. The molecule has 1 aliphatic rings. The first-order valence-corrected chi connectivity index (χ1v) is 17.0. The van der Waals surface area contributed by atoms with Gasteiger partial charge in [0.1, 0.15) is 18.1 Å². The first-order valence-electron chi connectivity index (χ1n) is 17.0. The average Bonchev–Trinajstić information content (AvgIpc) is 3.77. The third-order valence-corrected chi connectivity index (χ3v) is 8.54. The summed E-state index contributed by atoms with van der Waals surface area (Å²) in [6, 6.07) is 3.34. The number of para-hydroxylation sites is 1. The van der Waals surface area contributed by atoms with Crippen LogP contribution in [-0.4, -0.2) is 126 Å². The standard InChI is InChI=1S/C33H48N10O9/c1-36-23(13-19-15-37-21-8-3-2-7-20(19)21)31(50)42-24(14-29(47)48)33(52)43-12-6-10-25(43)32(51)40-17-27(45)38-16-26(44)39-18-28(46)41-22(30(35)49)9-4-5-11-34/h2-3,7-8,15,22-25,36-37H,4-6,9-14,16-18,34H2,1H3,(H2,35,49)(H,38,45)(H,39,44)(H,40,51)(H,41,46)(H,42,50)(H,47,48)/t22-,23-,24-,25-/m0/s1. The van der Waals surface area contributed by atoms with Crippen LogP contribution in [0.2, 0.25) is 0 Å². The van der Waals surface area contributed by atoms with Crippen LogP contribution in [0.3, 0.4) is 0 Å². The van der Waals surface area contributed by atoms with E-state index in [2.05, 4.69) is 36.9 Å². The lowest BCUT2D eigenvalue weighted by atomic mass is 10.0. The summed E-state index contributed by atoms with van der Waals surface area (Å²) in [4.78, 5) is 104. The second-order valence-electron chi connectivity index (χ2n) is 12.3. The van der Waals surface area contributed by atoms with E-state index in [0.717, 1.165) is 16.5 Å². The second-order valence-corrected chi connectivity index (χ2v) is 12.3. The molecule has 19 heteroatoms. The molecule has 0 radical (unpaired) electrons. The highest BCUT2D eigenvalue weighted by molar-refractivity contribution is 5.97. The summed E-state index contributed by atoms with van der Waals surface area (Å²) < 4.78 is 0. The molecule has 0 aliphatic carbocycles. The molecule has 7 amide bonds. The Bertz CT molecular complexity index is 1610. The number of aromatic amines is 1. The minimum Gasteiger partial charge on any atom is -0.481 e. The van der Waals surface area contributed by atoms with Crippen molar-refractivity contribution in [1.29, 1.82) is 0 Å². The maximum Gasteiger partial charge on any atom is 0.305 e. The number of carboxylic acids is 1. The minimum atomic E-state index is -1.46. The number of primary amides is 1. The number of amides is 7. The van der Waals surface area contributed by atoms with Crippen LogP contribution in [0.15, 0.2) is 30.5 Å². The predicted molar refractivity (Wildman–Crippen MR) is 187 cm³/mol. The number of benzene rings is 1. The summed E-state index contributed by atoms with van der Waals surface area (Å²) in [6.07, 6.45) is 3.49. The zero-order chi connectivity index (χ0) is 38.2. The molecule has 19 nitrogen and oxygen atoms in total. The van der Waals surface area contributed by atoms with E-state index in [1.54, 1.807) is 13.2 Å². The Morgan fingerprint density at radius 2 is 1.58 bits per heavy atom. The van der Waals surface area contributed by atoms with Crippen molar-refractivity contribution in [2.45, 2.75) is 69.1 Å². The largest absolute Gasteiger partial charge is 0.481 e. The molecule has 2 heterocycles. The van der Waals surface area contributed by atoms with Gasteiger partial charge in [-0.05, 0) is 63.7 Å². The van der Waals surface area contributed by atoms with Crippen molar-refractivity contribution in [3.63, 3.8) is 0 Å². The molecule has 0 bridgehead atoms. The number of carbonyl (C=O) groups excluding carboxylic acids is 7. The second kappa shape index (κ2) is 20.3. The molecule has 1 fully saturated rings. The number of nitrogens with one attached hydrogen (secondary N) is 7. The number of hydrogen-bond acceptors (Lipinski definition) is 10. The van der Waals surface area contributed by atoms with Crippen LogP contribution >= 0.6 is 0 Å². The maximum absolute atomic E-state index is 13.6. The number of likely N-dealkylation sites (tertiary alicyclic amines) is 1. The van der Waals surface area contributed by atoms with Gasteiger partial charge >= 0.3 is 5.97 Å². The smallest absolute Gasteiger partial charge is 0.305 e. The molecule has 0 unspecified atom stereocenters. The van der Waals surface area contributed by atoms with Gasteiger partial charge in [-0.15, -0.1) is 0 Å². The fraction of sp³-hybridized carbons (Fsp3) is 0.515. The number of H-pyrrole nitrogens is 1. The van der Waals surface area contributed by atoms with Crippen molar-refractivity contribution in [2.75, 3.05) is 39.8 Å². The van der Waals surface area contributed by atoms with Crippen LogP contribution in [0, 0.1) is 0 Å². The first kappa shape index (κ1) is 40.9. The van der Waals surface area contributed by atoms with Gasteiger partial charge in [0.05, 0.1) is 32.1 Å². The van der Waals surface area contributed by atoms with Crippen LogP contribution < -0.4 is 43.4 Å². The van der Waals surface area contributed by atoms with Crippen LogP contribution in [0.5, 0.6) is 0 Å².